The molecule has 2 atom stereocenters. The molecule has 0 radical (unpaired) electrons. The van der Waals surface area contributed by atoms with Crippen molar-refractivity contribution in [3.63, 3.8) is 0 Å². The first-order valence-corrected chi connectivity index (χ1v) is 7.90. The van der Waals surface area contributed by atoms with Gasteiger partial charge < -0.3 is 14.3 Å². The van der Waals surface area contributed by atoms with E-state index in [2.05, 4.69) is 6.58 Å². The van der Waals surface area contributed by atoms with Crippen molar-refractivity contribution in [2.45, 2.75) is 38.7 Å². The zero-order valence-electron chi connectivity index (χ0n) is 14.0. The third-order valence-corrected chi connectivity index (χ3v) is 3.66. The van der Waals surface area contributed by atoms with Crippen LogP contribution < -0.4 is 0 Å². The molecule has 0 aliphatic carbocycles. The van der Waals surface area contributed by atoms with Gasteiger partial charge in [-0.05, 0) is 31.2 Å². The van der Waals surface area contributed by atoms with Crippen LogP contribution in [0.4, 0.5) is 0 Å². The molecule has 0 bridgehead atoms. The Bertz CT molecular complexity index is 495. The molecule has 1 aromatic rings. The molecule has 23 heavy (non-hydrogen) atoms. The molecular formula is C19H26O4. The second kappa shape index (κ2) is 10.7. The summed E-state index contributed by atoms with van der Waals surface area (Å²) >= 11 is 0. The van der Waals surface area contributed by atoms with E-state index < -0.39 is 6.10 Å². The molecule has 0 spiro atoms. The number of Topliss-reactive ketones (excluding diaryl/α,β-unsaturated/α-hetero) is 1. The van der Waals surface area contributed by atoms with Crippen molar-refractivity contribution in [1.82, 2.24) is 0 Å². The van der Waals surface area contributed by atoms with Crippen LogP contribution in [0, 0.1) is 5.92 Å². The highest BCUT2D eigenvalue weighted by atomic mass is 16.6. The fraction of sp³-hybridized carbons (Fsp3) is 0.474. The first-order valence-electron chi connectivity index (χ1n) is 7.90. The molecule has 0 amide bonds. The van der Waals surface area contributed by atoms with E-state index in [-0.39, 0.29) is 17.7 Å². The predicted octanol–water partition coefficient (Wildman–Crippen LogP) is 3.35. The van der Waals surface area contributed by atoms with Gasteiger partial charge in [-0.1, -0.05) is 36.4 Å². The number of hydrogen-bond acceptors (Lipinski definition) is 4. The van der Waals surface area contributed by atoms with Crippen LogP contribution in [-0.4, -0.2) is 31.6 Å². The summed E-state index contributed by atoms with van der Waals surface area (Å²) in [5, 5.41) is 0. The predicted molar refractivity (Wildman–Crippen MR) is 90.1 cm³/mol. The summed E-state index contributed by atoms with van der Waals surface area (Å²) in [5.41, 5.74) is 1.03. The maximum atomic E-state index is 12.1. The van der Waals surface area contributed by atoms with Crippen molar-refractivity contribution in [2.75, 3.05) is 13.7 Å². The van der Waals surface area contributed by atoms with Gasteiger partial charge in [0, 0.05) is 20.0 Å². The highest BCUT2D eigenvalue weighted by Crippen LogP contribution is 2.15. The number of carbonyl (C=O) groups excluding carboxylic acids is 2. The quantitative estimate of drug-likeness (QED) is 0.464. The maximum Gasteiger partial charge on any atom is 0.335 e. The average molecular weight is 318 g/mol. The van der Waals surface area contributed by atoms with E-state index >= 15 is 0 Å². The standard InChI is InChI=1S/C19H26O4/c1-4-8-16(13-15(2)20)11-12-23-19(21)18(22-3)14-17-9-6-5-7-10-17/h4-7,9-10,16,18H,1,8,11-14H2,2-3H3. The largest absolute Gasteiger partial charge is 0.464 e. The van der Waals surface area contributed by atoms with Gasteiger partial charge in [-0.2, -0.15) is 0 Å². The van der Waals surface area contributed by atoms with Crippen molar-refractivity contribution in [3.8, 4) is 0 Å². The lowest BCUT2D eigenvalue weighted by Gasteiger charge is -2.17. The number of carbonyl (C=O) groups is 2. The Balaban J connectivity index is 2.43. The fourth-order valence-electron chi connectivity index (χ4n) is 2.46. The molecule has 0 aliphatic heterocycles. The van der Waals surface area contributed by atoms with Gasteiger partial charge in [-0.3, -0.25) is 0 Å². The first kappa shape index (κ1) is 19.1. The number of rotatable bonds is 11. The molecule has 2 unspecified atom stereocenters. The topological polar surface area (TPSA) is 52.6 Å². The molecule has 0 aromatic heterocycles. The number of methoxy groups -OCH3 is 1. The normalized spacial score (nSPS) is 13.1. The van der Waals surface area contributed by atoms with Gasteiger partial charge in [0.2, 0.25) is 0 Å². The first-order chi connectivity index (χ1) is 11.1. The Labute approximate surface area is 138 Å². The summed E-state index contributed by atoms with van der Waals surface area (Å²) in [7, 11) is 1.51. The van der Waals surface area contributed by atoms with Gasteiger partial charge >= 0.3 is 5.97 Å². The van der Waals surface area contributed by atoms with E-state index in [4.69, 9.17) is 9.47 Å². The number of ketones is 1. The molecular weight excluding hydrogens is 292 g/mol. The summed E-state index contributed by atoms with van der Waals surface area (Å²) in [4.78, 5) is 23.3. The van der Waals surface area contributed by atoms with E-state index in [9.17, 15) is 9.59 Å². The minimum absolute atomic E-state index is 0.141. The minimum atomic E-state index is -0.608. The van der Waals surface area contributed by atoms with Gasteiger partial charge in [0.1, 0.15) is 5.78 Å². The lowest BCUT2D eigenvalue weighted by atomic mass is 9.96. The molecule has 0 fully saturated rings. The van der Waals surface area contributed by atoms with Crippen molar-refractivity contribution < 1.29 is 19.1 Å². The molecule has 0 aliphatic rings. The summed E-state index contributed by atoms with van der Waals surface area (Å²) in [6.07, 6.45) is 3.56. The van der Waals surface area contributed by atoms with Crippen LogP contribution in [0.5, 0.6) is 0 Å². The van der Waals surface area contributed by atoms with Crippen molar-refractivity contribution in [2.24, 2.45) is 5.92 Å². The zero-order valence-corrected chi connectivity index (χ0v) is 14.0. The Morgan fingerprint density at radius 3 is 2.52 bits per heavy atom. The van der Waals surface area contributed by atoms with E-state index in [0.29, 0.717) is 25.9 Å². The third kappa shape index (κ3) is 7.75. The number of benzene rings is 1. The van der Waals surface area contributed by atoms with E-state index in [1.807, 2.05) is 30.3 Å². The minimum Gasteiger partial charge on any atom is -0.464 e. The van der Waals surface area contributed by atoms with Crippen LogP contribution in [-0.2, 0) is 25.5 Å². The highest BCUT2D eigenvalue weighted by molar-refractivity contribution is 5.76. The lowest BCUT2D eigenvalue weighted by Crippen LogP contribution is -2.28. The molecule has 1 aromatic carbocycles. The second-order valence-corrected chi connectivity index (χ2v) is 5.67. The smallest absolute Gasteiger partial charge is 0.335 e. The molecule has 0 saturated carbocycles. The number of allylic oxidation sites excluding steroid dienone is 1. The summed E-state index contributed by atoms with van der Waals surface area (Å²) in [6, 6.07) is 9.68. The van der Waals surface area contributed by atoms with Crippen molar-refractivity contribution >= 4 is 11.8 Å². The number of esters is 1. The van der Waals surface area contributed by atoms with Crippen LogP contribution in [0.15, 0.2) is 43.0 Å². The summed E-state index contributed by atoms with van der Waals surface area (Å²) in [6.45, 7) is 5.56. The number of ether oxygens (including phenoxy) is 2. The van der Waals surface area contributed by atoms with Crippen molar-refractivity contribution in [3.05, 3.63) is 48.6 Å². The van der Waals surface area contributed by atoms with Crippen LogP contribution in [0.25, 0.3) is 0 Å². The molecule has 0 saturated heterocycles. The molecule has 4 nitrogen and oxygen atoms in total. The molecule has 1 rings (SSSR count). The van der Waals surface area contributed by atoms with Crippen LogP contribution in [0.2, 0.25) is 0 Å². The van der Waals surface area contributed by atoms with E-state index in [0.717, 1.165) is 12.0 Å². The van der Waals surface area contributed by atoms with Crippen LogP contribution >= 0.6 is 0 Å². The van der Waals surface area contributed by atoms with Gasteiger partial charge in [0.05, 0.1) is 6.61 Å². The van der Waals surface area contributed by atoms with Gasteiger partial charge in [-0.25, -0.2) is 4.79 Å². The van der Waals surface area contributed by atoms with Gasteiger partial charge in [-0.15, -0.1) is 6.58 Å². The molecule has 4 heteroatoms. The highest BCUT2D eigenvalue weighted by Gasteiger charge is 2.20. The van der Waals surface area contributed by atoms with E-state index in [1.54, 1.807) is 13.0 Å². The molecule has 126 valence electrons. The summed E-state index contributed by atoms with van der Waals surface area (Å²) < 4.78 is 10.6. The maximum absolute atomic E-state index is 12.1. The average Bonchev–Trinajstić information content (AvgIpc) is 2.53. The van der Waals surface area contributed by atoms with Gasteiger partial charge in [0.15, 0.2) is 6.10 Å². The SMILES string of the molecule is C=CCC(CCOC(=O)C(Cc1ccccc1)OC)CC(C)=O. The third-order valence-electron chi connectivity index (χ3n) is 3.66. The Morgan fingerprint density at radius 1 is 1.26 bits per heavy atom. The Morgan fingerprint density at radius 2 is 1.96 bits per heavy atom. The fourth-order valence-corrected chi connectivity index (χ4v) is 2.46. The van der Waals surface area contributed by atoms with Crippen LogP contribution in [0.1, 0.15) is 31.7 Å². The van der Waals surface area contributed by atoms with E-state index in [1.165, 1.54) is 7.11 Å². The second-order valence-electron chi connectivity index (χ2n) is 5.67. The Kier molecular flexibility index (Phi) is 8.91. The summed E-state index contributed by atoms with van der Waals surface area (Å²) in [5.74, 6) is -0.0496. The van der Waals surface area contributed by atoms with Crippen molar-refractivity contribution in [1.29, 1.82) is 0 Å². The number of hydrogen-bond donors (Lipinski definition) is 0. The van der Waals surface area contributed by atoms with Crippen LogP contribution in [0.3, 0.4) is 0 Å². The van der Waals surface area contributed by atoms with Gasteiger partial charge in [0.25, 0.3) is 0 Å². The Hall–Kier alpha value is -1.94. The molecule has 0 N–H and O–H groups in total. The zero-order chi connectivity index (χ0) is 17.1. The molecule has 0 heterocycles. The monoisotopic (exact) mass is 318 g/mol. The lowest BCUT2D eigenvalue weighted by molar-refractivity contribution is -0.155.